The van der Waals surface area contributed by atoms with Gasteiger partial charge >= 0.3 is 17.9 Å². The molecule has 1 aromatic carbocycles. The Morgan fingerprint density at radius 3 is 2.33 bits per heavy atom. The summed E-state index contributed by atoms with van der Waals surface area (Å²) in [6.07, 6.45) is -4.39. The van der Waals surface area contributed by atoms with Crippen LogP contribution in [-0.2, 0) is 22.3 Å². The molecule has 0 amide bonds. The molecule has 1 rings (SSSR count). The summed E-state index contributed by atoms with van der Waals surface area (Å²) in [6, 6.07) is 4.22. The zero-order valence-corrected chi connectivity index (χ0v) is 9.36. The molecule has 0 N–H and O–H groups in total. The van der Waals surface area contributed by atoms with E-state index in [1.165, 1.54) is 19.1 Å². The topological polar surface area (TPSA) is 62.7 Å². The number of ether oxygens (including phenoxy) is 1. The van der Waals surface area contributed by atoms with E-state index in [1.54, 1.807) is 0 Å². The van der Waals surface area contributed by atoms with E-state index in [0.29, 0.717) is 5.56 Å². The molecule has 96 valence electrons. The average molecular weight is 258 g/mol. The van der Waals surface area contributed by atoms with E-state index in [9.17, 15) is 18.0 Å². The van der Waals surface area contributed by atoms with E-state index in [2.05, 4.69) is 4.79 Å². The molecule has 0 saturated heterocycles. The summed E-state index contributed by atoms with van der Waals surface area (Å²) >= 11 is 0. The number of hydrogen-bond acceptors (Lipinski definition) is 2. The van der Waals surface area contributed by atoms with Crippen LogP contribution in [0.2, 0.25) is 0 Å². The first-order chi connectivity index (χ1) is 8.34. The van der Waals surface area contributed by atoms with Crippen molar-refractivity contribution in [1.82, 2.24) is 0 Å². The van der Waals surface area contributed by atoms with Crippen LogP contribution in [0.15, 0.2) is 24.3 Å². The van der Waals surface area contributed by atoms with Gasteiger partial charge in [-0.15, -0.1) is 0 Å². The lowest BCUT2D eigenvalue weighted by Crippen LogP contribution is -2.15. The number of hydrogen-bond donors (Lipinski definition) is 0. The molecule has 7 heteroatoms. The van der Waals surface area contributed by atoms with Crippen molar-refractivity contribution < 1.29 is 27.5 Å². The lowest BCUT2D eigenvalue weighted by Gasteiger charge is -2.07. The average Bonchev–Trinajstić information content (AvgIpc) is 2.34. The van der Waals surface area contributed by atoms with Gasteiger partial charge < -0.3 is 10.3 Å². The zero-order chi connectivity index (χ0) is 13.8. The van der Waals surface area contributed by atoms with Gasteiger partial charge in [0.25, 0.3) is 0 Å². The third-order valence-corrected chi connectivity index (χ3v) is 2.10. The van der Waals surface area contributed by atoms with Crippen LogP contribution in [-0.4, -0.2) is 16.5 Å². The Kier molecular flexibility index (Phi) is 4.23. The van der Waals surface area contributed by atoms with E-state index >= 15 is 0 Å². The molecule has 0 aliphatic rings. The quantitative estimate of drug-likeness (QED) is 0.362. The number of carbonyl (C=O) groups is 1. The standard InChI is InChI=1S/C11H9F3N2O2/c1-7(16-15)10(17)18-6-8-2-4-9(5-3-8)11(12,13)14/h2-5H,6H2,1H3. The van der Waals surface area contributed by atoms with Crippen LogP contribution in [0.3, 0.4) is 0 Å². The highest BCUT2D eigenvalue weighted by Crippen LogP contribution is 2.29. The third-order valence-electron chi connectivity index (χ3n) is 2.10. The number of alkyl halides is 3. The van der Waals surface area contributed by atoms with E-state index < -0.39 is 17.7 Å². The van der Waals surface area contributed by atoms with Gasteiger partial charge in [-0.3, -0.25) is 0 Å². The van der Waals surface area contributed by atoms with Gasteiger partial charge in [0, 0.05) is 6.92 Å². The summed E-state index contributed by atoms with van der Waals surface area (Å²) in [4.78, 5) is 13.7. The minimum absolute atomic E-state index is 0.191. The van der Waals surface area contributed by atoms with Crippen LogP contribution in [0.5, 0.6) is 0 Å². The molecular weight excluding hydrogens is 249 g/mol. The minimum atomic E-state index is -4.39. The van der Waals surface area contributed by atoms with Crippen molar-refractivity contribution in [3.05, 3.63) is 40.9 Å². The Balaban J connectivity index is 2.65. The molecule has 1 aromatic rings. The molecule has 0 atom stereocenters. The Morgan fingerprint density at radius 2 is 1.89 bits per heavy atom. The maximum absolute atomic E-state index is 12.3. The predicted octanol–water partition coefficient (Wildman–Crippen LogP) is 2.44. The number of nitrogens with zero attached hydrogens (tertiary/aromatic N) is 2. The lowest BCUT2D eigenvalue weighted by molar-refractivity contribution is -0.141. The summed E-state index contributed by atoms with van der Waals surface area (Å²) < 4.78 is 41.5. The normalized spacial score (nSPS) is 10.7. The van der Waals surface area contributed by atoms with Gasteiger partial charge in [-0.1, -0.05) is 12.1 Å². The molecule has 0 spiro atoms. The molecule has 0 aromatic heterocycles. The fraction of sp³-hybridized carbons (Fsp3) is 0.273. The van der Waals surface area contributed by atoms with Crippen LogP contribution in [0.25, 0.3) is 5.53 Å². The highest BCUT2D eigenvalue weighted by Gasteiger charge is 2.29. The molecule has 0 aliphatic heterocycles. The van der Waals surface area contributed by atoms with Crippen molar-refractivity contribution in [3.8, 4) is 0 Å². The van der Waals surface area contributed by atoms with E-state index in [0.717, 1.165) is 12.1 Å². The first-order valence-corrected chi connectivity index (χ1v) is 4.86. The van der Waals surface area contributed by atoms with Crippen LogP contribution >= 0.6 is 0 Å². The Hall–Kier alpha value is -2.14. The number of carbonyl (C=O) groups excluding carboxylic acids is 1. The second-order valence-corrected chi connectivity index (χ2v) is 3.46. The first kappa shape index (κ1) is 13.9. The van der Waals surface area contributed by atoms with Gasteiger partial charge in [0.15, 0.2) is 0 Å². The Morgan fingerprint density at radius 1 is 1.33 bits per heavy atom. The van der Waals surface area contributed by atoms with Crippen LogP contribution in [0, 0.1) is 0 Å². The number of rotatable bonds is 3. The SMILES string of the molecule is CC(=[N+]=[N-])C(=O)OCc1ccc(C(F)(F)F)cc1. The van der Waals surface area contributed by atoms with Gasteiger partial charge in [0.05, 0.1) is 5.56 Å². The second kappa shape index (κ2) is 5.46. The molecule has 0 saturated carbocycles. The smallest absolute Gasteiger partial charge is 0.416 e. The van der Waals surface area contributed by atoms with E-state index in [1.807, 2.05) is 0 Å². The van der Waals surface area contributed by atoms with Gasteiger partial charge in [-0.25, -0.2) is 4.79 Å². The maximum Gasteiger partial charge on any atom is 0.416 e. The molecule has 0 heterocycles. The fourth-order valence-corrected chi connectivity index (χ4v) is 1.08. The first-order valence-electron chi connectivity index (χ1n) is 4.86. The van der Waals surface area contributed by atoms with E-state index in [-0.39, 0.29) is 12.3 Å². The molecule has 0 bridgehead atoms. The summed E-state index contributed by atoms with van der Waals surface area (Å²) in [5, 5.41) is 0. The Bertz CT molecular complexity index is 488. The van der Waals surface area contributed by atoms with Gasteiger partial charge in [-0.05, 0) is 17.7 Å². The monoisotopic (exact) mass is 258 g/mol. The van der Waals surface area contributed by atoms with Crippen molar-refractivity contribution in [3.63, 3.8) is 0 Å². The fourth-order valence-electron chi connectivity index (χ4n) is 1.08. The maximum atomic E-state index is 12.3. The molecular formula is C11H9F3N2O2. The molecule has 0 radical (unpaired) electrons. The summed E-state index contributed by atoms with van der Waals surface area (Å²) in [5.74, 6) is -0.836. The van der Waals surface area contributed by atoms with Crippen LogP contribution in [0.1, 0.15) is 18.1 Å². The van der Waals surface area contributed by atoms with Crippen molar-refractivity contribution in [2.75, 3.05) is 0 Å². The zero-order valence-electron chi connectivity index (χ0n) is 9.36. The van der Waals surface area contributed by atoms with Crippen molar-refractivity contribution >= 4 is 11.7 Å². The molecule has 0 fully saturated rings. The number of esters is 1. The largest absolute Gasteiger partial charge is 0.452 e. The second-order valence-electron chi connectivity index (χ2n) is 3.46. The Labute approximate surface area is 101 Å². The van der Waals surface area contributed by atoms with Crippen molar-refractivity contribution in [2.24, 2.45) is 0 Å². The third kappa shape index (κ3) is 3.71. The van der Waals surface area contributed by atoms with Crippen LogP contribution < -0.4 is 0 Å². The van der Waals surface area contributed by atoms with Crippen molar-refractivity contribution in [1.29, 1.82) is 0 Å². The lowest BCUT2D eigenvalue weighted by atomic mass is 10.1. The molecule has 0 unspecified atom stereocenters. The molecule has 0 aliphatic carbocycles. The van der Waals surface area contributed by atoms with Crippen LogP contribution in [0.4, 0.5) is 13.2 Å². The molecule has 18 heavy (non-hydrogen) atoms. The highest BCUT2D eigenvalue weighted by molar-refractivity contribution is 6.32. The van der Waals surface area contributed by atoms with Gasteiger partial charge in [-0.2, -0.15) is 18.0 Å². The summed E-state index contributed by atoms with van der Waals surface area (Å²) in [5.41, 5.74) is 7.69. The number of halogens is 3. The minimum Gasteiger partial charge on any atom is -0.452 e. The summed E-state index contributed by atoms with van der Waals surface area (Å²) in [7, 11) is 0. The predicted molar refractivity (Wildman–Crippen MR) is 55.5 cm³/mol. The van der Waals surface area contributed by atoms with E-state index in [4.69, 9.17) is 10.3 Å². The number of benzene rings is 1. The summed E-state index contributed by atoms with van der Waals surface area (Å²) in [6.45, 7) is 1.05. The molecule has 4 nitrogen and oxygen atoms in total. The van der Waals surface area contributed by atoms with Gasteiger partial charge in [0.1, 0.15) is 6.61 Å². The van der Waals surface area contributed by atoms with Gasteiger partial charge in [0.2, 0.25) is 0 Å². The van der Waals surface area contributed by atoms with Crippen molar-refractivity contribution in [2.45, 2.75) is 19.7 Å². The highest BCUT2D eigenvalue weighted by atomic mass is 19.4.